The SMILES string of the molecule is O[C@H](Cn1ccnc1-c1cnccn1)c1cccc(Cl)c1. The Morgan fingerprint density at radius 2 is 2.10 bits per heavy atom. The number of aliphatic hydroxyl groups is 1. The van der Waals surface area contributed by atoms with E-state index in [-0.39, 0.29) is 0 Å². The fourth-order valence-corrected chi connectivity index (χ4v) is 2.31. The van der Waals surface area contributed by atoms with Crippen molar-refractivity contribution in [1.29, 1.82) is 0 Å². The number of rotatable bonds is 4. The first kappa shape index (κ1) is 13.7. The Labute approximate surface area is 126 Å². The lowest BCUT2D eigenvalue weighted by atomic mass is 10.1. The van der Waals surface area contributed by atoms with Crippen molar-refractivity contribution >= 4 is 11.6 Å². The molecule has 0 amide bonds. The summed E-state index contributed by atoms with van der Waals surface area (Å²) in [5.41, 5.74) is 1.43. The summed E-state index contributed by atoms with van der Waals surface area (Å²) in [4.78, 5) is 12.5. The summed E-state index contributed by atoms with van der Waals surface area (Å²) in [6.45, 7) is 0.367. The first-order chi connectivity index (χ1) is 10.2. The number of hydrogen-bond acceptors (Lipinski definition) is 4. The smallest absolute Gasteiger partial charge is 0.160 e. The molecule has 2 heterocycles. The van der Waals surface area contributed by atoms with Crippen LogP contribution in [0.2, 0.25) is 5.02 Å². The molecule has 0 aliphatic rings. The summed E-state index contributed by atoms with van der Waals surface area (Å²) in [5, 5.41) is 10.9. The number of hydrogen-bond donors (Lipinski definition) is 1. The van der Waals surface area contributed by atoms with Crippen LogP contribution in [0, 0.1) is 0 Å². The van der Waals surface area contributed by atoms with Gasteiger partial charge < -0.3 is 9.67 Å². The van der Waals surface area contributed by atoms with E-state index in [0.717, 1.165) is 5.56 Å². The molecule has 3 rings (SSSR count). The predicted octanol–water partition coefficient (Wildman–Crippen LogP) is 2.73. The molecule has 0 aliphatic carbocycles. The summed E-state index contributed by atoms with van der Waals surface area (Å²) >= 11 is 5.95. The molecule has 2 aromatic heterocycles. The molecule has 0 spiro atoms. The summed E-state index contributed by atoms with van der Waals surface area (Å²) in [7, 11) is 0. The Morgan fingerprint density at radius 1 is 1.19 bits per heavy atom. The van der Waals surface area contributed by atoms with E-state index in [4.69, 9.17) is 11.6 Å². The van der Waals surface area contributed by atoms with E-state index in [0.29, 0.717) is 23.1 Å². The molecule has 0 fully saturated rings. The predicted molar refractivity (Wildman–Crippen MR) is 79.7 cm³/mol. The first-order valence-corrected chi connectivity index (χ1v) is 6.83. The van der Waals surface area contributed by atoms with Crippen LogP contribution in [-0.4, -0.2) is 24.6 Å². The lowest BCUT2D eigenvalue weighted by molar-refractivity contribution is 0.157. The molecule has 0 saturated carbocycles. The minimum absolute atomic E-state index is 0.367. The molecule has 21 heavy (non-hydrogen) atoms. The van der Waals surface area contributed by atoms with Gasteiger partial charge in [-0.05, 0) is 17.7 Å². The van der Waals surface area contributed by atoms with Crippen LogP contribution in [0.3, 0.4) is 0 Å². The largest absolute Gasteiger partial charge is 0.387 e. The van der Waals surface area contributed by atoms with E-state index in [1.54, 1.807) is 43.1 Å². The number of aliphatic hydroxyl groups excluding tert-OH is 1. The second kappa shape index (κ2) is 6.03. The lowest BCUT2D eigenvalue weighted by Crippen LogP contribution is -2.09. The van der Waals surface area contributed by atoms with Gasteiger partial charge in [-0.2, -0.15) is 0 Å². The third-order valence-electron chi connectivity index (χ3n) is 3.11. The Hall–Kier alpha value is -2.24. The molecular weight excluding hydrogens is 288 g/mol. The number of halogens is 1. The van der Waals surface area contributed by atoms with Gasteiger partial charge in [-0.25, -0.2) is 9.97 Å². The molecule has 6 heteroatoms. The summed E-state index contributed by atoms with van der Waals surface area (Å²) in [5.74, 6) is 0.671. The molecule has 3 aromatic rings. The van der Waals surface area contributed by atoms with Crippen LogP contribution in [0.15, 0.2) is 55.2 Å². The monoisotopic (exact) mass is 300 g/mol. The molecule has 0 aliphatic heterocycles. The van der Waals surface area contributed by atoms with Crippen LogP contribution < -0.4 is 0 Å². The minimum Gasteiger partial charge on any atom is -0.387 e. The zero-order valence-corrected chi connectivity index (χ0v) is 11.9. The molecule has 0 bridgehead atoms. The van der Waals surface area contributed by atoms with Gasteiger partial charge in [0.05, 0.1) is 18.8 Å². The molecule has 5 nitrogen and oxygen atoms in total. The van der Waals surface area contributed by atoms with Crippen LogP contribution >= 0.6 is 11.6 Å². The average Bonchev–Trinajstić information content (AvgIpc) is 2.96. The lowest BCUT2D eigenvalue weighted by Gasteiger charge is -2.14. The van der Waals surface area contributed by atoms with Gasteiger partial charge >= 0.3 is 0 Å². The van der Waals surface area contributed by atoms with Gasteiger partial charge in [-0.1, -0.05) is 23.7 Å². The maximum atomic E-state index is 10.3. The van der Waals surface area contributed by atoms with Crippen molar-refractivity contribution in [3.63, 3.8) is 0 Å². The summed E-state index contributed by atoms with van der Waals surface area (Å²) in [6.07, 6.45) is 7.67. The average molecular weight is 301 g/mol. The third-order valence-corrected chi connectivity index (χ3v) is 3.35. The quantitative estimate of drug-likeness (QED) is 0.804. The summed E-state index contributed by atoms with van der Waals surface area (Å²) in [6, 6.07) is 7.19. The number of benzene rings is 1. The zero-order valence-electron chi connectivity index (χ0n) is 11.1. The number of nitrogens with zero attached hydrogens (tertiary/aromatic N) is 4. The first-order valence-electron chi connectivity index (χ1n) is 6.45. The highest BCUT2D eigenvalue weighted by Gasteiger charge is 2.13. The maximum Gasteiger partial charge on any atom is 0.160 e. The van der Waals surface area contributed by atoms with E-state index in [9.17, 15) is 5.11 Å². The molecule has 0 unspecified atom stereocenters. The minimum atomic E-state index is -0.673. The van der Waals surface area contributed by atoms with Gasteiger partial charge in [0.15, 0.2) is 5.82 Å². The summed E-state index contributed by atoms with van der Waals surface area (Å²) < 4.78 is 1.84. The Morgan fingerprint density at radius 3 is 2.86 bits per heavy atom. The second-order valence-corrected chi connectivity index (χ2v) is 5.00. The molecular formula is C15H13ClN4O. The molecule has 1 N–H and O–H groups in total. The van der Waals surface area contributed by atoms with Gasteiger partial charge in [-0.3, -0.25) is 4.98 Å². The van der Waals surface area contributed by atoms with Crippen molar-refractivity contribution < 1.29 is 5.11 Å². The van der Waals surface area contributed by atoms with Crippen LogP contribution in [-0.2, 0) is 6.54 Å². The standard InChI is InChI=1S/C15H13ClN4O/c16-12-3-1-2-11(8-12)14(21)10-20-7-6-19-15(20)13-9-17-4-5-18-13/h1-9,14,21H,10H2/t14-/m1/s1. The van der Waals surface area contributed by atoms with E-state index in [2.05, 4.69) is 15.0 Å². The van der Waals surface area contributed by atoms with Crippen LogP contribution in [0.25, 0.3) is 11.5 Å². The van der Waals surface area contributed by atoms with E-state index < -0.39 is 6.10 Å². The van der Waals surface area contributed by atoms with Crippen molar-refractivity contribution in [3.05, 3.63) is 65.8 Å². The van der Waals surface area contributed by atoms with Gasteiger partial charge in [0.25, 0.3) is 0 Å². The third kappa shape index (κ3) is 3.09. The van der Waals surface area contributed by atoms with Crippen molar-refractivity contribution in [2.45, 2.75) is 12.6 Å². The highest BCUT2D eigenvalue weighted by molar-refractivity contribution is 6.30. The Balaban J connectivity index is 1.85. The van der Waals surface area contributed by atoms with Crippen LogP contribution in [0.5, 0.6) is 0 Å². The molecule has 1 aromatic carbocycles. The zero-order chi connectivity index (χ0) is 14.7. The van der Waals surface area contributed by atoms with Gasteiger partial charge in [0.1, 0.15) is 5.69 Å². The maximum absolute atomic E-state index is 10.3. The van der Waals surface area contributed by atoms with E-state index >= 15 is 0 Å². The highest BCUT2D eigenvalue weighted by atomic mass is 35.5. The molecule has 106 valence electrons. The van der Waals surface area contributed by atoms with Gasteiger partial charge in [-0.15, -0.1) is 0 Å². The van der Waals surface area contributed by atoms with E-state index in [1.165, 1.54) is 0 Å². The van der Waals surface area contributed by atoms with Crippen molar-refractivity contribution in [2.24, 2.45) is 0 Å². The topological polar surface area (TPSA) is 63.8 Å². The van der Waals surface area contributed by atoms with Gasteiger partial charge in [0, 0.05) is 29.8 Å². The molecule has 0 saturated heterocycles. The van der Waals surface area contributed by atoms with Crippen molar-refractivity contribution in [3.8, 4) is 11.5 Å². The van der Waals surface area contributed by atoms with E-state index in [1.807, 2.05) is 16.7 Å². The number of imidazole rings is 1. The Bertz CT molecular complexity index is 729. The van der Waals surface area contributed by atoms with Crippen molar-refractivity contribution in [2.75, 3.05) is 0 Å². The highest BCUT2D eigenvalue weighted by Crippen LogP contribution is 2.21. The van der Waals surface area contributed by atoms with Crippen LogP contribution in [0.1, 0.15) is 11.7 Å². The number of aromatic nitrogens is 4. The normalized spacial score (nSPS) is 12.3. The second-order valence-electron chi connectivity index (χ2n) is 4.56. The van der Waals surface area contributed by atoms with Crippen LogP contribution in [0.4, 0.5) is 0 Å². The molecule has 1 atom stereocenters. The molecule has 0 radical (unpaired) electrons. The fourth-order valence-electron chi connectivity index (χ4n) is 2.11. The fraction of sp³-hybridized carbons (Fsp3) is 0.133. The van der Waals surface area contributed by atoms with Gasteiger partial charge in [0.2, 0.25) is 0 Å². The van der Waals surface area contributed by atoms with Crippen molar-refractivity contribution in [1.82, 2.24) is 19.5 Å². The Kier molecular flexibility index (Phi) is 3.94.